The van der Waals surface area contributed by atoms with E-state index in [0.29, 0.717) is 13.0 Å². The molecule has 0 radical (unpaired) electrons. The standard InChI is InChI=1S/C16H23NO4/c1-5-17-13(11-12-9-7-6-8-10-12)14(18)20-15(19)21-16(2,3)4/h6-10,13,17H,5,11H2,1-4H3/t13-/m0/s1. The Labute approximate surface area is 125 Å². The zero-order valence-electron chi connectivity index (χ0n) is 13.0. The smallest absolute Gasteiger partial charge is 0.428 e. The number of carbonyl (C=O) groups is 2. The second-order valence-corrected chi connectivity index (χ2v) is 5.69. The SMILES string of the molecule is CCN[C@@H](Cc1ccccc1)C(=O)OC(=O)OC(C)(C)C. The van der Waals surface area contributed by atoms with Crippen molar-refractivity contribution in [2.45, 2.75) is 45.8 Å². The summed E-state index contributed by atoms with van der Waals surface area (Å²) in [4.78, 5) is 23.6. The molecule has 0 aliphatic carbocycles. The number of likely N-dealkylation sites (N-methyl/N-ethyl adjacent to an activating group) is 1. The van der Waals surface area contributed by atoms with Gasteiger partial charge in [-0.25, -0.2) is 9.59 Å². The van der Waals surface area contributed by atoms with E-state index in [9.17, 15) is 9.59 Å². The molecule has 0 aliphatic rings. The van der Waals surface area contributed by atoms with Crippen LogP contribution in [0.25, 0.3) is 0 Å². The minimum absolute atomic E-state index is 0.455. The Kier molecular flexibility index (Phi) is 6.37. The lowest BCUT2D eigenvalue weighted by Gasteiger charge is -2.20. The van der Waals surface area contributed by atoms with Crippen LogP contribution in [0, 0.1) is 0 Å². The molecule has 0 aromatic heterocycles. The Morgan fingerprint density at radius 3 is 2.33 bits per heavy atom. The number of hydrogen-bond donors (Lipinski definition) is 1. The normalized spacial score (nSPS) is 12.6. The molecule has 5 heteroatoms. The first-order chi connectivity index (χ1) is 9.81. The molecule has 0 spiro atoms. The van der Waals surface area contributed by atoms with Crippen LogP contribution in [-0.2, 0) is 20.7 Å². The lowest BCUT2D eigenvalue weighted by Crippen LogP contribution is -2.41. The number of benzene rings is 1. The monoisotopic (exact) mass is 293 g/mol. The van der Waals surface area contributed by atoms with Gasteiger partial charge in [-0.1, -0.05) is 37.3 Å². The fourth-order valence-electron chi connectivity index (χ4n) is 1.76. The largest absolute Gasteiger partial charge is 0.516 e. The Morgan fingerprint density at radius 1 is 1.19 bits per heavy atom. The Morgan fingerprint density at radius 2 is 1.81 bits per heavy atom. The molecule has 0 unspecified atom stereocenters. The van der Waals surface area contributed by atoms with E-state index >= 15 is 0 Å². The first-order valence-electron chi connectivity index (χ1n) is 7.04. The molecule has 21 heavy (non-hydrogen) atoms. The Balaban J connectivity index is 2.63. The van der Waals surface area contributed by atoms with E-state index in [1.54, 1.807) is 20.8 Å². The van der Waals surface area contributed by atoms with Gasteiger partial charge < -0.3 is 14.8 Å². The van der Waals surface area contributed by atoms with Gasteiger partial charge in [-0.2, -0.15) is 0 Å². The second kappa shape index (κ2) is 7.78. The predicted octanol–water partition coefficient (Wildman–Crippen LogP) is 2.69. The van der Waals surface area contributed by atoms with E-state index in [0.717, 1.165) is 5.56 Å². The molecular formula is C16H23NO4. The predicted molar refractivity (Wildman–Crippen MR) is 79.9 cm³/mol. The number of nitrogens with one attached hydrogen (secondary N) is 1. The summed E-state index contributed by atoms with van der Waals surface area (Å²) < 4.78 is 9.73. The average molecular weight is 293 g/mol. The summed E-state index contributed by atoms with van der Waals surface area (Å²) in [7, 11) is 0. The second-order valence-electron chi connectivity index (χ2n) is 5.69. The van der Waals surface area contributed by atoms with Crippen molar-refractivity contribution in [3.05, 3.63) is 35.9 Å². The van der Waals surface area contributed by atoms with Gasteiger partial charge in [-0.15, -0.1) is 0 Å². The summed E-state index contributed by atoms with van der Waals surface area (Å²) >= 11 is 0. The third kappa shape index (κ3) is 6.90. The molecule has 0 amide bonds. The molecule has 1 rings (SSSR count). The molecule has 0 aliphatic heterocycles. The van der Waals surface area contributed by atoms with Crippen molar-refractivity contribution >= 4 is 12.1 Å². The fourth-order valence-corrected chi connectivity index (χ4v) is 1.76. The quantitative estimate of drug-likeness (QED) is 0.668. The van der Waals surface area contributed by atoms with E-state index in [-0.39, 0.29) is 0 Å². The molecule has 0 saturated carbocycles. The third-order valence-electron chi connectivity index (χ3n) is 2.59. The van der Waals surface area contributed by atoms with Gasteiger partial charge in [-0.05, 0) is 39.3 Å². The van der Waals surface area contributed by atoms with Crippen LogP contribution >= 0.6 is 0 Å². The van der Waals surface area contributed by atoms with E-state index < -0.39 is 23.8 Å². The molecule has 1 aromatic rings. The first kappa shape index (κ1) is 17.2. The molecule has 116 valence electrons. The van der Waals surface area contributed by atoms with Gasteiger partial charge >= 0.3 is 12.1 Å². The molecular weight excluding hydrogens is 270 g/mol. The molecule has 0 saturated heterocycles. The first-order valence-corrected chi connectivity index (χ1v) is 7.04. The summed E-state index contributed by atoms with van der Waals surface area (Å²) in [6.45, 7) is 7.62. The van der Waals surface area contributed by atoms with Crippen molar-refractivity contribution in [1.29, 1.82) is 0 Å². The average Bonchev–Trinajstić information content (AvgIpc) is 2.37. The molecule has 1 aromatic carbocycles. The zero-order valence-corrected chi connectivity index (χ0v) is 13.0. The van der Waals surface area contributed by atoms with Crippen LogP contribution in [-0.4, -0.2) is 30.3 Å². The topological polar surface area (TPSA) is 64.6 Å². The van der Waals surface area contributed by atoms with E-state index in [2.05, 4.69) is 5.32 Å². The number of esters is 1. The third-order valence-corrected chi connectivity index (χ3v) is 2.59. The maximum absolute atomic E-state index is 12.0. The van der Waals surface area contributed by atoms with Crippen molar-refractivity contribution in [2.24, 2.45) is 0 Å². The van der Waals surface area contributed by atoms with Crippen LogP contribution in [0.2, 0.25) is 0 Å². The van der Waals surface area contributed by atoms with Crippen LogP contribution < -0.4 is 5.32 Å². The minimum atomic E-state index is -0.969. The van der Waals surface area contributed by atoms with Crippen molar-refractivity contribution in [1.82, 2.24) is 5.32 Å². The molecule has 0 heterocycles. The lowest BCUT2D eigenvalue weighted by molar-refractivity contribution is -0.143. The molecule has 1 atom stereocenters. The number of hydrogen-bond acceptors (Lipinski definition) is 5. The van der Waals surface area contributed by atoms with E-state index in [1.807, 2.05) is 37.3 Å². The summed E-state index contributed by atoms with van der Waals surface area (Å²) in [5, 5.41) is 3.02. The Hall–Kier alpha value is -1.88. The van der Waals surface area contributed by atoms with Gasteiger partial charge in [0.15, 0.2) is 0 Å². The highest BCUT2D eigenvalue weighted by atomic mass is 16.7. The van der Waals surface area contributed by atoms with Gasteiger partial charge in [0.05, 0.1) is 0 Å². The van der Waals surface area contributed by atoms with Crippen LogP contribution in [0.15, 0.2) is 30.3 Å². The van der Waals surface area contributed by atoms with Crippen LogP contribution in [0.3, 0.4) is 0 Å². The number of ether oxygens (including phenoxy) is 2. The van der Waals surface area contributed by atoms with Crippen LogP contribution in [0.1, 0.15) is 33.3 Å². The highest BCUT2D eigenvalue weighted by Gasteiger charge is 2.25. The highest BCUT2D eigenvalue weighted by molar-refractivity contribution is 5.85. The van der Waals surface area contributed by atoms with Gasteiger partial charge in [0.1, 0.15) is 11.6 Å². The zero-order chi connectivity index (χ0) is 15.9. The minimum Gasteiger partial charge on any atom is -0.428 e. The summed E-state index contributed by atoms with van der Waals surface area (Å²) in [6.07, 6.45) is -0.514. The van der Waals surface area contributed by atoms with E-state index in [4.69, 9.17) is 9.47 Å². The summed E-state index contributed by atoms with van der Waals surface area (Å²) in [5.74, 6) is -0.630. The maximum atomic E-state index is 12.0. The molecule has 0 fully saturated rings. The Bertz CT molecular complexity index is 465. The van der Waals surface area contributed by atoms with Crippen LogP contribution in [0.5, 0.6) is 0 Å². The van der Waals surface area contributed by atoms with Crippen molar-refractivity contribution in [3.63, 3.8) is 0 Å². The molecule has 5 nitrogen and oxygen atoms in total. The van der Waals surface area contributed by atoms with Gasteiger partial charge in [-0.3, -0.25) is 0 Å². The lowest BCUT2D eigenvalue weighted by atomic mass is 10.1. The van der Waals surface area contributed by atoms with Gasteiger partial charge in [0, 0.05) is 0 Å². The summed E-state index contributed by atoms with van der Waals surface area (Å²) in [5.41, 5.74) is 0.300. The number of rotatable bonds is 5. The van der Waals surface area contributed by atoms with Crippen molar-refractivity contribution < 1.29 is 19.1 Å². The van der Waals surface area contributed by atoms with Crippen molar-refractivity contribution in [3.8, 4) is 0 Å². The summed E-state index contributed by atoms with van der Waals surface area (Å²) in [6, 6.07) is 8.97. The maximum Gasteiger partial charge on any atom is 0.516 e. The highest BCUT2D eigenvalue weighted by Crippen LogP contribution is 2.10. The van der Waals surface area contributed by atoms with E-state index in [1.165, 1.54) is 0 Å². The molecule has 0 bridgehead atoms. The van der Waals surface area contributed by atoms with Gasteiger partial charge in [0.25, 0.3) is 0 Å². The molecule has 1 N–H and O–H groups in total. The fraction of sp³-hybridized carbons (Fsp3) is 0.500. The van der Waals surface area contributed by atoms with Gasteiger partial charge in [0.2, 0.25) is 0 Å². The van der Waals surface area contributed by atoms with Crippen LogP contribution in [0.4, 0.5) is 4.79 Å². The number of carbonyl (C=O) groups excluding carboxylic acids is 2. The van der Waals surface area contributed by atoms with Crippen molar-refractivity contribution in [2.75, 3.05) is 6.54 Å².